The van der Waals surface area contributed by atoms with Crippen LogP contribution in [-0.2, 0) is 6.42 Å². The van der Waals surface area contributed by atoms with E-state index in [0.29, 0.717) is 59.9 Å². The first kappa shape index (κ1) is 25.8. The summed E-state index contributed by atoms with van der Waals surface area (Å²) in [5.41, 5.74) is 2.62. The summed E-state index contributed by atoms with van der Waals surface area (Å²) in [6, 6.07) is 14.1. The van der Waals surface area contributed by atoms with Crippen LogP contribution >= 0.6 is 0 Å². The van der Waals surface area contributed by atoms with Crippen LogP contribution in [0.4, 0.5) is 0 Å². The smallest absolute Gasteiger partial charge is 0.326 e. The molecule has 12 nitrogen and oxygen atoms in total. The molecule has 0 radical (unpaired) electrons. The summed E-state index contributed by atoms with van der Waals surface area (Å²) in [5.74, 6) is -0.00864. The molecule has 0 aliphatic heterocycles. The third-order valence-electron chi connectivity index (χ3n) is 6.28. The van der Waals surface area contributed by atoms with Crippen LogP contribution in [0.25, 0.3) is 16.9 Å². The Hall–Kier alpha value is -4.87. The monoisotopic (exact) mass is 531 g/mol. The molecular formula is C27H29N7O5. The van der Waals surface area contributed by atoms with E-state index in [1.807, 2.05) is 6.92 Å². The van der Waals surface area contributed by atoms with E-state index in [9.17, 15) is 19.5 Å². The number of benzene rings is 2. The summed E-state index contributed by atoms with van der Waals surface area (Å²) in [6.07, 6.45) is 2.99. The molecule has 0 atom stereocenters. The largest absolute Gasteiger partial charge is 0.494 e. The van der Waals surface area contributed by atoms with Gasteiger partial charge >= 0.3 is 5.69 Å². The van der Waals surface area contributed by atoms with Crippen LogP contribution in [0.1, 0.15) is 52.7 Å². The van der Waals surface area contributed by atoms with E-state index in [4.69, 9.17) is 4.74 Å². The zero-order valence-electron chi connectivity index (χ0n) is 21.4. The van der Waals surface area contributed by atoms with Crippen molar-refractivity contribution in [2.24, 2.45) is 0 Å². The normalized spacial score (nSPS) is 12.7. The number of amides is 2. The average molecular weight is 532 g/mol. The first-order valence-electron chi connectivity index (χ1n) is 12.8. The lowest BCUT2D eigenvalue weighted by Gasteiger charge is -2.10. The van der Waals surface area contributed by atoms with Gasteiger partial charge in [0.1, 0.15) is 11.4 Å². The van der Waals surface area contributed by atoms with Crippen molar-refractivity contribution in [1.29, 1.82) is 0 Å². The van der Waals surface area contributed by atoms with E-state index in [0.717, 1.165) is 12.8 Å². The van der Waals surface area contributed by atoms with Gasteiger partial charge in [-0.2, -0.15) is 0 Å². The molecule has 1 saturated carbocycles. The number of rotatable bonds is 11. The first-order valence-corrected chi connectivity index (χ1v) is 12.8. The first-order chi connectivity index (χ1) is 18.9. The van der Waals surface area contributed by atoms with Crippen LogP contribution in [0.15, 0.2) is 53.3 Å². The highest BCUT2D eigenvalue weighted by Gasteiger charge is 2.27. The number of nitrogens with one attached hydrogen (secondary N) is 4. The van der Waals surface area contributed by atoms with Gasteiger partial charge in [0.05, 0.1) is 18.0 Å². The molecule has 0 spiro atoms. The molecule has 1 aliphatic carbocycles. The number of nitrogens with zero attached hydrogens (tertiary/aromatic N) is 3. The molecular weight excluding hydrogens is 502 g/mol. The van der Waals surface area contributed by atoms with Crippen LogP contribution in [-0.4, -0.2) is 61.1 Å². The molecule has 0 saturated heterocycles. The Kier molecular flexibility index (Phi) is 7.43. The third kappa shape index (κ3) is 6.00. The van der Waals surface area contributed by atoms with Gasteiger partial charge in [-0.15, -0.1) is 5.10 Å². The van der Waals surface area contributed by atoms with Crippen molar-refractivity contribution in [3.05, 3.63) is 76.0 Å². The van der Waals surface area contributed by atoms with Gasteiger partial charge in [-0.05, 0) is 81.1 Å². The second kappa shape index (κ2) is 11.3. The molecule has 4 aromatic rings. The van der Waals surface area contributed by atoms with Crippen molar-refractivity contribution < 1.29 is 19.4 Å². The number of aromatic hydroxyl groups is 1. The van der Waals surface area contributed by atoms with Gasteiger partial charge in [0.25, 0.3) is 11.8 Å². The van der Waals surface area contributed by atoms with Gasteiger partial charge in [0.15, 0.2) is 5.69 Å². The fourth-order valence-corrected chi connectivity index (χ4v) is 4.14. The molecule has 1 aliphatic rings. The van der Waals surface area contributed by atoms with Crippen molar-refractivity contribution in [3.8, 4) is 28.6 Å². The molecule has 5 N–H and O–H groups in total. The van der Waals surface area contributed by atoms with Gasteiger partial charge in [0, 0.05) is 23.7 Å². The van der Waals surface area contributed by atoms with Crippen LogP contribution < -0.4 is 21.1 Å². The van der Waals surface area contributed by atoms with E-state index >= 15 is 0 Å². The molecule has 2 amide bonds. The number of carbonyl (C=O) groups excluding carboxylic acids is 2. The second-order valence-corrected chi connectivity index (χ2v) is 9.23. The Bertz CT molecular complexity index is 1520. The standard InChI is InChI=1S/C27H29N7O5/c1-2-28-24(35)17-5-11-19(12-6-17)34-21(23(32-33-34)26(37)29-18-9-10-18)4-3-15-39-20-13-7-16(8-14-20)22-25(36)31-27(38)30-22/h5-8,11-14,18,36H,2-4,9-10,15H2,1H3,(H,28,35)(H,29,37)(H2,30,31,38). The van der Waals surface area contributed by atoms with Gasteiger partial charge in [-0.3, -0.25) is 14.6 Å². The number of aromatic nitrogens is 5. The number of imidazole rings is 1. The molecule has 2 aromatic carbocycles. The maximum atomic E-state index is 12.9. The molecule has 12 heteroatoms. The highest BCUT2D eigenvalue weighted by atomic mass is 16.5. The van der Waals surface area contributed by atoms with Gasteiger partial charge in [-0.1, -0.05) is 5.21 Å². The van der Waals surface area contributed by atoms with Crippen molar-refractivity contribution >= 4 is 11.8 Å². The molecule has 0 bridgehead atoms. The maximum absolute atomic E-state index is 12.9. The topological polar surface area (TPSA) is 167 Å². The predicted octanol–water partition coefficient (Wildman–Crippen LogP) is 2.31. The number of aromatic amines is 2. The summed E-state index contributed by atoms with van der Waals surface area (Å²) >= 11 is 0. The molecule has 2 aromatic heterocycles. The summed E-state index contributed by atoms with van der Waals surface area (Å²) < 4.78 is 7.51. The Labute approximate surface area is 223 Å². The van der Waals surface area contributed by atoms with Crippen LogP contribution in [0.5, 0.6) is 11.6 Å². The lowest BCUT2D eigenvalue weighted by molar-refractivity contribution is 0.0940. The average Bonchev–Trinajstić information content (AvgIpc) is 3.54. The van der Waals surface area contributed by atoms with Crippen LogP contribution in [0.2, 0.25) is 0 Å². The fourth-order valence-electron chi connectivity index (χ4n) is 4.14. The van der Waals surface area contributed by atoms with E-state index < -0.39 is 5.69 Å². The molecule has 1 fully saturated rings. The molecule has 0 unspecified atom stereocenters. The summed E-state index contributed by atoms with van der Waals surface area (Å²) in [6.45, 7) is 2.77. The summed E-state index contributed by atoms with van der Waals surface area (Å²) in [5, 5.41) is 24.0. The minimum atomic E-state index is -0.486. The zero-order chi connectivity index (χ0) is 27.4. The molecule has 5 rings (SSSR count). The quantitative estimate of drug-likeness (QED) is 0.185. The summed E-state index contributed by atoms with van der Waals surface area (Å²) in [4.78, 5) is 41.2. The Morgan fingerprint density at radius 2 is 1.82 bits per heavy atom. The van der Waals surface area contributed by atoms with Crippen molar-refractivity contribution in [3.63, 3.8) is 0 Å². The lowest BCUT2D eigenvalue weighted by Crippen LogP contribution is -2.27. The lowest BCUT2D eigenvalue weighted by atomic mass is 10.1. The third-order valence-corrected chi connectivity index (χ3v) is 6.28. The Morgan fingerprint density at radius 1 is 1.08 bits per heavy atom. The summed E-state index contributed by atoms with van der Waals surface area (Å²) in [7, 11) is 0. The zero-order valence-corrected chi connectivity index (χ0v) is 21.4. The fraction of sp³-hybridized carbons (Fsp3) is 0.296. The van der Waals surface area contributed by atoms with E-state index in [1.165, 1.54) is 0 Å². The van der Waals surface area contributed by atoms with Gasteiger partial charge in [0.2, 0.25) is 5.88 Å². The number of ether oxygens (including phenoxy) is 1. The number of H-pyrrole nitrogens is 2. The Balaban J connectivity index is 1.27. The van der Waals surface area contributed by atoms with Crippen molar-refractivity contribution in [2.75, 3.05) is 13.2 Å². The number of carbonyl (C=O) groups is 2. The second-order valence-electron chi connectivity index (χ2n) is 9.23. The number of hydrogen-bond acceptors (Lipinski definition) is 7. The minimum Gasteiger partial charge on any atom is -0.494 e. The SMILES string of the molecule is CCNC(=O)c1ccc(-n2nnc(C(=O)NC3CC3)c2CCCOc2ccc(-c3[nH]c(=O)[nH]c3O)cc2)cc1. The minimum absolute atomic E-state index is 0.157. The van der Waals surface area contributed by atoms with Crippen LogP contribution in [0, 0.1) is 0 Å². The molecule has 202 valence electrons. The highest BCUT2D eigenvalue weighted by molar-refractivity contribution is 5.94. The van der Waals surface area contributed by atoms with Crippen molar-refractivity contribution in [1.82, 2.24) is 35.6 Å². The number of hydrogen-bond donors (Lipinski definition) is 5. The molecule has 39 heavy (non-hydrogen) atoms. The van der Waals surface area contributed by atoms with E-state index in [2.05, 4.69) is 30.9 Å². The van der Waals surface area contributed by atoms with E-state index in [1.54, 1.807) is 53.2 Å². The van der Waals surface area contributed by atoms with E-state index in [-0.39, 0.29) is 29.4 Å². The van der Waals surface area contributed by atoms with Gasteiger partial charge in [-0.25, -0.2) is 9.48 Å². The van der Waals surface area contributed by atoms with Gasteiger partial charge < -0.3 is 25.5 Å². The Morgan fingerprint density at radius 3 is 2.46 bits per heavy atom. The van der Waals surface area contributed by atoms with Crippen LogP contribution in [0.3, 0.4) is 0 Å². The molecule has 2 heterocycles. The maximum Gasteiger partial charge on any atom is 0.326 e. The predicted molar refractivity (Wildman–Crippen MR) is 142 cm³/mol. The highest BCUT2D eigenvalue weighted by Crippen LogP contribution is 2.26. The van der Waals surface area contributed by atoms with Crippen molar-refractivity contribution in [2.45, 2.75) is 38.6 Å².